The number of hydrogen-bond donors (Lipinski definition) is 1. The van der Waals surface area contributed by atoms with Gasteiger partial charge in [0.25, 0.3) is 0 Å². The minimum atomic E-state index is -0.747. The van der Waals surface area contributed by atoms with Gasteiger partial charge in [-0.05, 0) is 38.9 Å². The van der Waals surface area contributed by atoms with Gasteiger partial charge in [-0.15, -0.1) is 0 Å². The van der Waals surface area contributed by atoms with E-state index in [1.807, 2.05) is 6.92 Å². The van der Waals surface area contributed by atoms with Gasteiger partial charge in [0.05, 0.1) is 12.0 Å². The molecule has 3 aromatic rings. The van der Waals surface area contributed by atoms with E-state index in [0.717, 1.165) is 13.0 Å². The van der Waals surface area contributed by atoms with E-state index in [4.69, 9.17) is 4.74 Å². The number of aryl methyl sites for hydroxylation is 1. The van der Waals surface area contributed by atoms with Crippen molar-refractivity contribution in [2.24, 2.45) is 0 Å². The largest absolute Gasteiger partial charge is 0.462 e. The van der Waals surface area contributed by atoms with Crippen molar-refractivity contribution >= 4 is 33.6 Å². The van der Waals surface area contributed by atoms with Gasteiger partial charge < -0.3 is 19.5 Å². The monoisotopic (exact) mass is 430 g/mol. The van der Waals surface area contributed by atoms with Crippen LogP contribution < -0.4 is 15.6 Å². The van der Waals surface area contributed by atoms with Gasteiger partial charge in [0.1, 0.15) is 28.2 Å². The van der Waals surface area contributed by atoms with Gasteiger partial charge in [0.15, 0.2) is 5.82 Å². The second-order valence-corrected chi connectivity index (χ2v) is 7.42. The molecular formula is C22H24F2N4O3. The third kappa shape index (κ3) is 3.74. The van der Waals surface area contributed by atoms with Crippen LogP contribution in [0.4, 0.5) is 14.5 Å². The van der Waals surface area contributed by atoms with Crippen LogP contribution in [0.3, 0.4) is 0 Å². The van der Waals surface area contributed by atoms with E-state index >= 15 is 4.39 Å². The van der Waals surface area contributed by atoms with Gasteiger partial charge in [0, 0.05) is 37.8 Å². The molecule has 2 aromatic heterocycles. The highest BCUT2D eigenvalue weighted by Gasteiger charge is 2.24. The summed E-state index contributed by atoms with van der Waals surface area (Å²) in [6.07, 6.45) is 2.15. The standard InChI is InChI=1S/C22H24F2N4O3/c1-3-27-12-15(22(30)31-4-2)20(29)14-10-13-11-16(23)19(17(24)18(13)26-21(14)27)28-8-5-6-25-7-9-28/h10-12,25H,3-9H2,1-2H3. The van der Waals surface area contributed by atoms with E-state index in [1.54, 1.807) is 16.4 Å². The average molecular weight is 430 g/mol. The minimum Gasteiger partial charge on any atom is -0.462 e. The Labute approximate surface area is 177 Å². The van der Waals surface area contributed by atoms with Gasteiger partial charge in [-0.3, -0.25) is 4.79 Å². The van der Waals surface area contributed by atoms with Crippen LogP contribution in [0.15, 0.2) is 23.1 Å². The topological polar surface area (TPSA) is 76.5 Å². The third-order valence-corrected chi connectivity index (χ3v) is 5.49. The van der Waals surface area contributed by atoms with Crippen molar-refractivity contribution in [3.05, 3.63) is 45.8 Å². The Morgan fingerprint density at radius 3 is 2.77 bits per heavy atom. The zero-order chi connectivity index (χ0) is 22.1. The van der Waals surface area contributed by atoms with Crippen molar-refractivity contribution in [3.63, 3.8) is 0 Å². The van der Waals surface area contributed by atoms with E-state index in [1.165, 1.54) is 18.3 Å². The van der Waals surface area contributed by atoms with E-state index in [-0.39, 0.29) is 39.8 Å². The molecule has 7 nitrogen and oxygen atoms in total. The summed E-state index contributed by atoms with van der Waals surface area (Å²) in [5.41, 5.74) is -0.576. The van der Waals surface area contributed by atoms with Crippen LogP contribution in [-0.2, 0) is 11.3 Å². The molecule has 31 heavy (non-hydrogen) atoms. The first-order valence-electron chi connectivity index (χ1n) is 10.4. The molecule has 0 saturated carbocycles. The highest BCUT2D eigenvalue weighted by Crippen LogP contribution is 2.31. The third-order valence-electron chi connectivity index (χ3n) is 5.49. The first-order valence-corrected chi connectivity index (χ1v) is 10.4. The second kappa shape index (κ2) is 8.58. The number of nitrogens with one attached hydrogen (secondary N) is 1. The van der Waals surface area contributed by atoms with Gasteiger partial charge in [0.2, 0.25) is 5.43 Å². The fourth-order valence-corrected chi connectivity index (χ4v) is 3.99. The number of carbonyl (C=O) groups is 1. The van der Waals surface area contributed by atoms with E-state index < -0.39 is 23.0 Å². The Balaban J connectivity index is 1.96. The molecule has 1 aliphatic heterocycles. The molecule has 0 aliphatic carbocycles. The minimum absolute atomic E-state index is 0.00779. The van der Waals surface area contributed by atoms with Crippen LogP contribution >= 0.6 is 0 Å². The van der Waals surface area contributed by atoms with Crippen LogP contribution in [-0.4, -0.2) is 48.3 Å². The average Bonchev–Trinajstić information content (AvgIpc) is 3.03. The number of ether oxygens (including phenoxy) is 1. The number of carbonyl (C=O) groups excluding carboxylic acids is 1. The molecule has 9 heteroatoms. The summed E-state index contributed by atoms with van der Waals surface area (Å²) in [6.45, 7) is 6.43. The molecule has 0 spiro atoms. The molecule has 3 heterocycles. The molecule has 0 radical (unpaired) electrons. The number of esters is 1. The number of rotatable bonds is 4. The molecular weight excluding hydrogens is 406 g/mol. The number of anilines is 1. The Morgan fingerprint density at radius 1 is 1.23 bits per heavy atom. The van der Waals surface area contributed by atoms with E-state index in [0.29, 0.717) is 26.2 Å². The number of benzene rings is 1. The normalized spacial score (nSPS) is 14.8. The molecule has 1 saturated heterocycles. The summed E-state index contributed by atoms with van der Waals surface area (Å²) in [5.74, 6) is -2.19. The predicted molar refractivity (Wildman–Crippen MR) is 115 cm³/mol. The van der Waals surface area contributed by atoms with Gasteiger partial charge in [-0.1, -0.05) is 0 Å². The summed E-state index contributed by atoms with van der Waals surface area (Å²) in [4.78, 5) is 31.2. The Bertz CT molecular complexity index is 1220. The number of hydrogen-bond acceptors (Lipinski definition) is 6. The smallest absolute Gasteiger partial charge is 0.343 e. The highest BCUT2D eigenvalue weighted by molar-refractivity contribution is 5.97. The lowest BCUT2D eigenvalue weighted by molar-refractivity contribution is 0.0524. The van der Waals surface area contributed by atoms with Crippen LogP contribution in [0.5, 0.6) is 0 Å². The number of nitrogens with zero attached hydrogens (tertiary/aromatic N) is 3. The maximum absolute atomic E-state index is 15.5. The fourth-order valence-electron chi connectivity index (χ4n) is 3.99. The molecule has 0 amide bonds. The van der Waals surface area contributed by atoms with E-state index in [2.05, 4.69) is 10.3 Å². The maximum atomic E-state index is 15.5. The van der Waals surface area contributed by atoms with E-state index in [9.17, 15) is 14.0 Å². The van der Waals surface area contributed by atoms with Crippen LogP contribution in [0.2, 0.25) is 0 Å². The number of pyridine rings is 2. The van der Waals surface area contributed by atoms with Crippen LogP contribution in [0.1, 0.15) is 30.6 Å². The Hall–Kier alpha value is -3.07. The Kier molecular flexibility index (Phi) is 5.86. The lowest BCUT2D eigenvalue weighted by atomic mass is 10.1. The van der Waals surface area contributed by atoms with Crippen LogP contribution in [0, 0.1) is 11.6 Å². The van der Waals surface area contributed by atoms with Gasteiger partial charge in [-0.2, -0.15) is 0 Å². The molecule has 0 atom stereocenters. The van der Waals surface area contributed by atoms with Crippen molar-refractivity contribution in [2.75, 3.05) is 37.7 Å². The SMILES string of the molecule is CCOC(=O)c1cn(CC)c2nc3c(F)c(N4CCCNCC4)c(F)cc3cc2c1=O. The highest BCUT2D eigenvalue weighted by atomic mass is 19.1. The molecule has 164 valence electrons. The summed E-state index contributed by atoms with van der Waals surface area (Å²) in [5, 5.41) is 3.50. The van der Waals surface area contributed by atoms with Crippen molar-refractivity contribution in [1.29, 1.82) is 0 Å². The molecule has 1 N–H and O–H groups in total. The fraction of sp³-hybridized carbons (Fsp3) is 0.409. The lowest BCUT2D eigenvalue weighted by Gasteiger charge is -2.24. The molecule has 4 rings (SSSR count). The molecule has 1 fully saturated rings. The first kappa shape index (κ1) is 21.2. The van der Waals surface area contributed by atoms with Gasteiger partial charge in [-0.25, -0.2) is 18.6 Å². The Morgan fingerprint density at radius 2 is 2.03 bits per heavy atom. The van der Waals surface area contributed by atoms with Crippen molar-refractivity contribution in [2.45, 2.75) is 26.8 Å². The summed E-state index contributed by atoms with van der Waals surface area (Å²) < 4.78 is 37.0. The lowest BCUT2D eigenvalue weighted by Crippen LogP contribution is -2.29. The number of fused-ring (bicyclic) bond motifs is 2. The molecule has 1 aromatic carbocycles. The van der Waals surface area contributed by atoms with Gasteiger partial charge >= 0.3 is 5.97 Å². The zero-order valence-corrected chi connectivity index (χ0v) is 17.5. The molecule has 0 unspecified atom stereocenters. The summed E-state index contributed by atoms with van der Waals surface area (Å²) in [6, 6.07) is 2.60. The van der Waals surface area contributed by atoms with Crippen molar-refractivity contribution < 1.29 is 18.3 Å². The second-order valence-electron chi connectivity index (χ2n) is 7.42. The van der Waals surface area contributed by atoms with Crippen molar-refractivity contribution in [1.82, 2.24) is 14.9 Å². The molecule has 0 bridgehead atoms. The number of halogens is 2. The van der Waals surface area contributed by atoms with Crippen molar-refractivity contribution in [3.8, 4) is 0 Å². The predicted octanol–water partition coefficient (Wildman–Crippen LogP) is 2.82. The molecule has 1 aliphatic rings. The maximum Gasteiger partial charge on any atom is 0.343 e. The first-order chi connectivity index (χ1) is 15.0. The van der Waals surface area contributed by atoms with Crippen LogP contribution in [0.25, 0.3) is 21.9 Å². The zero-order valence-electron chi connectivity index (χ0n) is 17.5. The quantitative estimate of drug-likeness (QED) is 0.507. The summed E-state index contributed by atoms with van der Waals surface area (Å²) in [7, 11) is 0. The number of aromatic nitrogens is 2. The summed E-state index contributed by atoms with van der Waals surface area (Å²) >= 11 is 0.